The zero-order valence-electron chi connectivity index (χ0n) is 15.2. The van der Waals surface area contributed by atoms with E-state index in [1.54, 1.807) is 6.92 Å². The van der Waals surface area contributed by atoms with Crippen LogP contribution in [0, 0.1) is 0 Å². The molecule has 3 aromatic carbocycles. The summed E-state index contributed by atoms with van der Waals surface area (Å²) in [6, 6.07) is 21.2. The maximum absolute atomic E-state index is 13.2. The summed E-state index contributed by atoms with van der Waals surface area (Å²) in [5.41, 5.74) is 0.570. The molecular weight excluding hydrogens is 370 g/mol. The molecule has 4 aromatic rings. The van der Waals surface area contributed by atoms with Gasteiger partial charge in [0.1, 0.15) is 10.5 Å². The van der Waals surface area contributed by atoms with Crippen molar-refractivity contribution in [1.82, 2.24) is 15.2 Å². The first kappa shape index (κ1) is 16.9. The van der Waals surface area contributed by atoms with Crippen molar-refractivity contribution in [3.8, 4) is 0 Å². The maximum atomic E-state index is 13.2. The summed E-state index contributed by atoms with van der Waals surface area (Å²) in [6.45, 7) is 1.93. The third kappa shape index (κ3) is 2.57. The highest BCUT2D eigenvalue weighted by Gasteiger charge is 2.49. The molecule has 1 aliphatic rings. The lowest BCUT2D eigenvalue weighted by atomic mass is 9.90. The minimum Gasteiger partial charge on any atom is -0.319 e. The molecule has 0 radical (unpaired) electrons. The third-order valence-corrected chi connectivity index (χ3v) is 6.25. The number of thiazole rings is 1. The average Bonchev–Trinajstić information content (AvgIpc) is 3.22. The zero-order valence-corrected chi connectivity index (χ0v) is 16.0. The molecule has 5 nitrogen and oxygen atoms in total. The van der Waals surface area contributed by atoms with Gasteiger partial charge in [-0.15, -0.1) is 11.3 Å². The lowest BCUT2D eigenvalue weighted by Gasteiger charge is -2.22. The molecule has 6 heteroatoms. The van der Waals surface area contributed by atoms with Crippen LogP contribution in [0.1, 0.15) is 17.5 Å². The number of imide groups is 1. The Labute approximate surface area is 165 Å². The molecule has 0 aliphatic carbocycles. The van der Waals surface area contributed by atoms with Crippen LogP contribution in [-0.2, 0) is 16.9 Å². The van der Waals surface area contributed by atoms with Gasteiger partial charge in [0.15, 0.2) is 0 Å². The van der Waals surface area contributed by atoms with E-state index in [-0.39, 0.29) is 18.5 Å². The predicted octanol–water partition coefficient (Wildman–Crippen LogP) is 4.42. The van der Waals surface area contributed by atoms with Gasteiger partial charge in [-0.2, -0.15) is 0 Å². The van der Waals surface area contributed by atoms with Gasteiger partial charge in [-0.1, -0.05) is 48.5 Å². The fourth-order valence-corrected chi connectivity index (χ4v) is 4.62. The van der Waals surface area contributed by atoms with E-state index in [9.17, 15) is 9.59 Å². The van der Waals surface area contributed by atoms with E-state index in [1.807, 2.05) is 66.7 Å². The SMILES string of the molecule is CC1(c2ccc3ccccc3c2)NC(=O)N(Cc2nc3ccccc3s2)C1=O. The number of benzene rings is 3. The molecule has 1 unspecified atom stereocenters. The molecule has 28 heavy (non-hydrogen) atoms. The van der Waals surface area contributed by atoms with Gasteiger partial charge < -0.3 is 5.32 Å². The van der Waals surface area contributed by atoms with Crippen LogP contribution >= 0.6 is 11.3 Å². The number of aromatic nitrogens is 1. The summed E-state index contributed by atoms with van der Waals surface area (Å²) in [5.74, 6) is -0.257. The van der Waals surface area contributed by atoms with Crippen molar-refractivity contribution >= 4 is 44.3 Å². The minimum absolute atomic E-state index is 0.174. The normalized spacial score (nSPS) is 19.5. The number of amides is 3. The number of fused-ring (bicyclic) bond motifs is 2. The lowest BCUT2D eigenvalue weighted by Crippen LogP contribution is -2.40. The molecule has 2 heterocycles. The Morgan fingerprint density at radius 1 is 1.00 bits per heavy atom. The summed E-state index contributed by atoms with van der Waals surface area (Å²) in [5, 5.41) is 5.75. The summed E-state index contributed by atoms with van der Waals surface area (Å²) in [6.07, 6.45) is 0. The van der Waals surface area contributed by atoms with Crippen molar-refractivity contribution in [3.05, 3.63) is 77.3 Å². The Balaban J connectivity index is 1.48. The van der Waals surface area contributed by atoms with E-state index in [1.165, 1.54) is 16.2 Å². The van der Waals surface area contributed by atoms with Gasteiger partial charge in [0.05, 0.1) is 16.8 Å². The molecular formula is C22H17N3O2S. The van der Waals surface area contributed by atoms with Gasteiger partial charge in [0, 0.05) is 0 Å². The number of para-hydroxylation sites is 1. The van der Waals surface area contributed by atoms with Crippen LogP contribution in [0.25, 0.3) is 21.0 Å². The number of nitrogens with one attached hydrogen (secondary N) is 1. The minimum atomic E-state index is -1.09. The van der Waals surface area contributed by atoms with Gasteiger partial charge in [0.2, 0.25) is 0 Å². The van der Waals surface area contributed by atoms with Gasteiger partial charge in [-0.05, 0) is 41.5 Å². The standard InChI is InChI=1S/C22H17N3O2S/c1-22(16-11-10-14-6-2-3-7-15(14)12-16)20(26)25(21(27)24-22)13-19-23-17-8-4-5-9-18(17)28-19/h2-12H,13H2,1H3,(H,24,27). The Kier molecular flexibility index (Phi) is 3.70. The van der Waals surface area contributed by atoms with Gasteiger partial charge in [-0.25, -0.2) is 9.78 Å². The largest absolute Gasteiger partial charge is 0.325 e. The fourth-order valence-electron chi connectivity index (χ4n) is 3.66. The van der Waals surface area contributed by atoms with E-state index in [0.29, 0.717) is 0 Å². The second kappa shape index (κ2) is 6.14. The summed E-state index contributed by atoms with van der Waals surface area (Å²) < 4.78 is 1.04. The van der Waals surface area contributed by atoms with Crippen LogP contribution in [0.4, 0.5) is 4.79 Å². The molecule has 1 saturated heterocycles. The molecule has 1 aliphatic heterocycles. The number of nitrogens with zero attached hydrogens (tertiary/aromatic N) is 2. The number of hydrogen-bond donors (Lipinski definition) is 1. The Bertz CT molecular complexity index is 1220. The summed E-state index contributed by atoms with van der Waals surface area (Å²) >= 11 is 1.50. The molecule has 1 N–H and O–H groups in total. The van der Waals surface area contributed by atoms with Crippen molar-refractivity contribution in [2.45, 2.75) is 19.0 Å². The lowest BCUT2D eigenvalue weighted by molar-refractivity contribution is -0.131. The second-order valence-corrected chi connectivity index (χ2v) is 8.20. The van der Waals surface area contributed by atoms with Crippen molar-refractivity contribution in [3.63, 3.8) is 0 Å². The zero-order chi connectivity index (χ0) is 19.3. The molecule has 5 rings (SSSR count). The van der Waals surface area contributed by atoms with E-state index < -0.39 is 5.54 Å². The summed E-state index contributed by atoms with van der Waals surface area (Å²) in [7, 11) is 0. The Morgan fingerprint density at radius 3 is 2.57 bits per heavy atom. The third-order valence-electron chi connectivity index (χ3n) is 5.23. The quantitative estimate of drug-likeness (QED) is 0.530. The van der Waals surface area contributed by atoms with E-state index in [4.69, 9.17) is 0 Å². The van der Waals surface area contributed by atoms with Crippen LogP contribution < -0.4 is 5.32 Å². The van der Waals surface area contributed by atoms with Crippen molar-refractivity contribution in [2.24, 2.45) is 0 Å². The molecule has 0 bridgehead atoms. The molecule has 1 aromatic heterocycles. The maximum Gasteiger partial charge on any atom is 0.325 e. The topological polar surface area (TPSA) is 62.3 Å². The summed E-state index contributed by atoms with van der Waals surface area (Å²) in [4.78, 5) is 31.6. The number of rotatable bonds is 3. The van der Waals surface area contributed by atoms with Gasteiger partial charge >= 0.3 is 6.03 Å². The first-order chi connectivity index (χ1) is 13.5. The van der Waals surface area contributed by atoms with Crippen LogP contribution in [0.2, 0.25) is 0 Å². The molecule has 0 saturated carbocycles. The van der Waals surface area contributed by atoms with Crippen molar-refractivity contribution < 1.29 is 9.59 Å². The van der Waals surface area contributed by atoms with Crippen LogP contribution in [0.15, 0.2) is 66.7 Å². The Hall–Kier alpha value is -3.25. The van der Waals surface area contributed by atoms with Gasteiger partial charge in [-0.3, -0.25) is 9.69 Å². The molecule has 1 fully saturated rings. The highest BCUT2D eigenvalue weighted by atomic mass is 32.1. The van der Waals surface area contributed by atoms with Crippen LogP contribution in [-0.4, -0.2) is 21.8 Å². The van der Waals surface area contributed by atoms with Gasteiger partial charge in [0.25, 0.3) is 5.91 Å². The monoisotopic (exact) mass is 387 g/mol. The van der Waals surface area contributed by atoms with Crippen LogP contribution in [0.5, 0.6) is 0 Å². The first-order valence-corrected chi connectivity index (χ1v) is 9.84. The number of hydrogen-bond acceptors (Lipinski definition) is 4. The first-order valence-electron chi connectivity index (χ1n) is 9.02. The molecule has 1 atom stereocenters. The number of carbonyl (C=O) groups is 2. The smallest absolute Gasteiger partial charge is 0.319 e. The molecule has 138 valence electrons. The highest BCUT2D eigenvalue weighted by Crippen LogP contribution is 2.32. The van der Waals surface area contributed by atoms with E-state index in [0.717, 1.165) is 31.6 Å². The van der Waals surface area contributed by atoms with E-state index in [2.05, 4.69) is 10.3 Å². The number of carbonyl (C=O) groups excluding carboxylic acids is 2. The average molecular weight is 387 g/mol. The van der Waals surface area contributed by atoms with Crippen LogP contribution in [0.3, 0.4) is 0 Å². The van der Waals surface area contributed by atoms with Crippen molar-refractivity contribution in [1.29, 1.82) is 0 Å². The predicted molar refractivity (Wildman–Crippen MR) is 110 cm³/mol. The molecule has 0 spiro atoms. The second-order valence-electron chi connectivity index (χ2n) is 7.08. The highest BCUT2D eigenvalue weighted by molar-refractivity contribution is 7.18. The molecule has 3 amide bonds. The van der Waals surface area contributed by atoms with E-state index >= 15 is 0 Å². The Morgan fingerprint density at radius 2 is 1.75 bits per heavy atom. The fraction of sp³-hybridized carbons (Fsp3) is 0.136. The number of urea groups is 1. The van der Waals surface area contributed by atoms with Crippen molar-refractivity contribution in [2.75, 3.05) is 0 Å².